The van der Waals surface area contributed by atoms with Crippen LogP contribution in [0, 0.1) is 11.8 Å². The van der Waals surface area contributed by atoms with E-state index in [2.05, 4.69) is 31.7 Å². The van der Waals surface area contributed by atoms with Gasteiger partial charge >= 0.3 is 0 Å². The number of hydrogen-bond donors (Lipinski definition) is 4. The van der Waals surface area contributed by atoms with Crippen molar-refractivity contribution in [1.82, 2.24) is 11.1 Å². The van der Waals surface area contributed by atoms with Crippen LogP contribution in [-0.2, 0) is 49.9 Å². The summed E-state index contributed by atoms with van der Waals surface area (Å²) in [6, 6.07) is 0. The number of aliphatic hydroxyl groups excluding tert-OH is 1. The Hall–Kier alpha value is 0.180. The molecular weight excluding hydrogens is 618 g/mol. The number of halogens is 2. The maximum Gasteiger partial charge on any atom is 0.268 e. The molecular formula is C13H30F2N2O17P4-4. The molecule has 6 unspecified atom stereocenters. The summed E-state index contributed by atoms with van der Waals surface area (Å²) < 4.78 is 99.3. The Bertz CT molecular complexity index is 823. The van der Waals surface area contributed by atoms with Crippen molar-refractivity contribution in [1.29, 1.82) is 0 Å². The summed E-state index contributed by atoms with van der Waals surface area (Å²) in [5.41, 5.74) is 2.33. The van der Waals surface area contributed by atoms with Crippen LogP contribution in [-0.4, -0.2) is 75.9 Å². The van der Waals surface area contributed by atoms with E-state index in [-0.39, 0.29) is 7.43 Å². The quantitative estimate of drug-likeness (QED) is 0.0489. The molecule has 232 valence electrons. The fourth-order valence-corrected chi connectivity index (χ4v) is 4.46. The van der Waals surface area contributed by atoms with Gasteiger partial charge in [-0.25, -0.2) is 0 Å². The summed E-state index contributed by atoms with van der Waals surface area (Å²) in [5, 5.41) is 8.89. The third-order valence-electron chi connectivity index (χ3n) is 3.56. The average Bonchev–Trinajstić information content (AvgIpc) is 2.78. The highest BCUT2D eigenvalue weighted by atomic mass is 31.2. The molecule has 0 fully saturated rings. The predicted octanol–water partition coefficient (Wildman–Crippen LogP) is -2.22. The first kappa shape index (κ1) is 40.3. The van der Waals surface area contributed by atoms with Crippen LogP contribution < -0.4 is 30.7 Å². The second-order valence-electron chi connectivity index (χ2n) is 6.62. The van der Waals surface area contributed by atoms with E-state index in [9.17, 15) is 46.8 Å². The standard InChI is InChI=1S/C12H30F2N2O17P4.CH4/c13-15-5-11(7-17)8-32-36(23,24)29-3-1-27-35(21,22)28-2-4-30-37(25,26)33-10-12(6-16-14)9-31-34(18,19)20;/h11-12,15-17H,1-10H2,(H,21,22)(H,23,24)(H,25,26)(H2,18,19,20);1H4/p-4. The first-order chi connectivity index (χ1) is 17.0. The molecule has 0 aliphatic carbocycles. The van der Waals surface area contributed by atoms with Crippen LogP contribution in [0.1, 0.15) is 7.43 Å². The van der Waals surface area contributed by atoms with E-state index in [4.69, 9.17) is 10.00 Å². The van der Waals surface area contributed by atoms with Crippen LogP contribution >= 0.6 is 31.3 Å². The summed E-state index contributed by atoms with van der Waals surface area (Å²) in [4.78, 5) is 53.7. The zero-order valence-corrected chi connectivity index (χ0v) is 22.4. The molecule has 0 aromatic rings. The second-order valence-corrected chi connectivity index (χ2v) is 12.0. The maximum atomic E-state index is 12.2. The molecule has 0 aromatic heterocycles. The molecule has 25 heteroatoms. The Morgan fingerprint density at radius 3 is 1.29 bits per heavy atom. The normalized spacial score (nSPS) is 19.8. The van der Waals surface area contributed by atoms with Crippen molar-refractivity contribution >= 4 is 31.3 Å². The van der Waals surface area contributed by atoms with Crippen molar-refractivity contribution in [2.45, 2.75) is 7.43 Å². The van der Waals surface area contributed by atoms with Crippen molar-refractivity contribution in [3.63, 3.8) is 0 Å². The van der Waals surface area contributed by atoms with E-state index in [1.165, 1.54) is 5.54 Å². The minimum absolute atomic E-state index is 0. The summed E-state index contributed by atoms with van der Waals surface area (Å²) in [6.07, 6.45) is 0. The van der Waals surface area contributed by atoms with Gasteiger partial charge in [-0.1, -0.05) is 7.43 Å². The molecule has 0 saturated heterocycles. The third kappa shape index (κ3) is 22.9. The number of aliphatic hydroxyl groups is 1. The number of hydrogen-bond acceptors (Lipinski definition) is 18. The Morgan fingerprint density at radius 1 is 0.632 bits per heavy atom. The molecule has 38 heavy (non-hydrogen) atoms. The Kier molecular flexibility index (Phi) is 21.4. The predicted molar refractivity (Wildman–Crippen MR) is 113 cm³/mol. The van der Waals surface area contributed by atoms with Crippen LogP contribution in [0.2, 0.25) is 0 Å². The first-order valence-electron chi connectivity index (χ1n) is 9.81. The monoisotopic (exact) mass is 648 g/mol. The van der Waals surface area contributed by atoms with Crippen LogP contribution in [0.15, 0.2) is 0 Å². The van der Waals surface area contributed by atoms with Gasteiger partial charge in [0.05, 0.1) is 46.2 Å². The maximum absolute atomic E-state index is 12.2. The smallest absolute Gasteiger partial charge is 0.268 e. The molecule has 4 N–H and O–H groups in total. The van der Waals surface area contributed by atoms with Gasteiger partial charge in [0.15, 0.2) is 0 Å². The molecule has 0 aromatic carbocycles. The summed E-state index contributed by atoms with van der Waals surface area (Å²) in [7, 11) is -20.3. The van der Waals surface area contributed by atoms with E-state index < -0.39 is 109 Å². The largest absolute Gasteiger partial charge is 0.756 e. The molecule has 0 rings (SSSR count). The van der Waals surface area contributed by atoms with E-state index in [1.54, 1.807) is 0 Å². The van der Waals surface area contributed by atoms with Gasteiger partial charge in [-0.15, -0.1) is 8.96 Å². The summed E-state index contributed by atoms with van der Waals surface area (Å²) in [6.45, 7) is -7.48. The molecule has 0 aliphatic heterocycles. The van der Waals surface area contributed by atoms with Crippen molar-refractivity contribution < 1.29 is 88.5 Å². The van der Waals surface area contributed by atoms with Crippen molar-refractivity contribution in [2.24, 2.45) is 11.8 Å². The molecule has 0 amide bonds. The van der Waals surface area contributed by atoms with Gasteiger partial charge in [-0.2, -0.15) is 11.1 Å². The van der Waals surface area contributed by atoms with Gasteiger partial charge in [0.2, 0.25) is 0 Å². The summed E-state index contributed by atoms with van der Waals surface area (Å²) >= 11 is 0. The van der Waals surface area contributed by atoms with Crippen LogP contribution in [0.3, 0.4) is 0 Å². The van der Waals surface area contributed by atoms with Crippen molar-refractivity contribution in [3.8, 4) is 0 Å². The van der Waals surface area contributed by atoms with E-state index >= 15 is 0 Å². The molecule has 0 aliphatic rings. The van der Waals surface area contributed by atoms with Crippen LogP contribution in [0.5, 0.6) is 0 Å². The molecule has 0 spiro atoms. The molecule has 0 bridgehead atoms. The van der Waals surface area contributed by atoms with Gasteiger partial charge in [0, 0.05) is 31.5 Å². The van der Waals surface area contributed by atoms with Gasteiger partial charge in [0.25, 0.3) is 31.3 Å². The molecule has 0 saturated carbocycles. The topological polar surface area (TPSA) is 290 Å². The highest BCUT2D eigenvalue weighted by Gasteiger charge is 2.19. The lowest BCUT2D eigenvalue weighted by Crippen LogP contribution is -2.27. The lowest BCUT2D eigenvalue weighted by Gasteiger charge is -2.27. The lowest BCUT2D eigenvalue weighted by molar-refractivity contribution is -0.236. The van der Waals surface area contributed by atoms with Crippen molar-refractivity contribution in [2.75, 3.05) is 65.9 Å². The fraction of sp³-hybridized carbons (Fsp3) is 1.00. The molecule has 19 nitrogen and oxygen atoms in total. The summed E-state index contributed by atoms with van der Waals surface area (Å²) in [5.74, 6) is -2.12. The SMILES string of the molecule is C.O=P([O-])(O)OCC(CNF)COP(=O)([O-])OCCOP(=O)([O-])OCCOP(=O)([O-])OCC(CO)CNF. The lowest BCUT2D eigenvalue weighted by atomic mass is 10.2. The minimum Gasteiger partial charge on any atom is -0.756 e. The van der Waals surface area contributed by atoms with Gasteiger partial charge in [0.1, 0.15) is 0 Å². The number of phosphoric acid groups is 4. The zero-order chi connectivity index (χ0) is 28.6. The first-order valence-corrected chi connectivity index (χ1v) is 15.7. The van der Waals surface area contributed by atoms with Gasteiger partial charge < -0.3 is 61.2 Å². The average molecular weight is 648 g/mol. The third-order valence-corrected chi connectivity index (χ3v) is 6.97. The zero-order valence-electron chi connectivity index (χ0n) is 18.8. The number of nitrogens with one attached hydrogen (secondary N) is 2. The highest BCUT2D eigenvalue weighted by Crippen LogP contribution is 2.42. The van der Waals surface area contributed by atoms with E-state index in [0.29, 0.717) is 0 Å². The van der Waals surface area contributed by atoms with Crippen LogP contribution in [0.25, 0.3) is 0 Å². The highest BCUT2D eigenvalue weighted by molar-refractivity contribution is 7.46. The number of phosphoric ester groups is 4. The van der Waals surface area contributed by atoms with Gasteiger partial charge in [-0.3, -0.25) is 18.3 Å². The van der Waals surface area contributed by atoms with Crippen molar-refractivity contribution in [3.05, 3.63) is 0 Å². The Labute approximate surface area is 216 Å². The number of rotatable bonds is 24. The second kappa shape index (κ2) is 20.1. The molecule has 6 atom stereocenters. The van der Waals surface area contributed by atoms with E-state index in [1.807, 2.05) is 0 Å². The Balaban J connectivity index is 0. The van der Waals surface area contributed by atoms with Gasteiger partial charge in [-0.05, 0) is 0 Å². The van der Waals surface area contributed by atoms with Crippen LogP contribution in [0.4, 0.5) is 8.96 Å². The minimum atomic E-state index is -5.16. The van der Waals surface area contributed by atoms with E-state index in [0.717, 1.165) is 5.54 Å². The molecule has 0 radical (unpaired) electrons. The Morgan fingerprint density at radius 2 is 0.947 bits per heavy atom. The molecule has 0 heterocycles. The fourth-order valence-electron chi connectivity index (χ4n) is 1.86.